The Kier molecular flexibility index (Phi) is 5.53. The zero-order valence-corrected chi connectivity index (χ0v) is 17.2. The molecule has 1 aliphatic carbocycles. The van der Waals surface area contributed by atoms with Crippen molar-refractivity contribution in [2.24, 2.45) is 0 Å². The monoisotopic (exact) mass is 421 g/mol. The highest BCUT2D eigenvalue weighted by molar-refractivity contribution is 8.00. The number of anilines is 1. The number of rotatable bonds is 9. The fourth-order valence-corrected chi connectivity index (χ4v) is 4.15. The second-order valence-corrected chi connectivity index (χ2v) is 8.20. The molecule has 0 amide bonds. The molecule has 0 radical (unpaired) electrons. The molecule has 0 spiro atoms. The van der Waals surface area contributed by atoms with Crippen molar-refractivity contribution < 1.29 is 18.6 Å². The zero-order valence-electron chi connectivity index (χ0n) is 15.6. The Labute approximate surface area is 169 Å². The van der Waals surface area contributed by atoms with E-state index in [0.717, 1.165) is 9.47 Å². The normalized spacial score (nSPS) is 13.4. The number of methoxy groups -OCH3 is 3. The average molecular weight is 422 g/mol. The number of hydrogen-bond acceptors (Lipinski definition) is 11. The van der Waals surface area contributed by atoms with Crippen LogP contribution >= 0.6 is 23.1 Å². The third kappa shape index (κ3) is 4.14. The smallest absolute Gasteiger partial charge is 0.248 e. The van der Waals surface area contributed by atoms with Crippen molar-refractivity contribution >= 4 is 28.2 Å². The van der Waals surface area contributed by atoms with Crippen LogP contribution in [0.1, 0.15) is 18.7 Å². The van der Waals surface area contributed by atoms with E-state index in [2.05, 4.69) is 25.7 Å². The molecule has 11 heteroatoms. The third-order valence-corrected chi connectivity index (χ3v) is 5.98. The van der Waals surface area contributed by atoms with E-state index in [4.69, 9.17) is 18.6 Å². The maximum absolute atomic E-state index is 5.79. The van der Waals surface area contributed by atoms with Gasteiger partial charge in [0.05, 0.1) is 27.1 Å². The second-order valence-electron chi connectivity index (χ2n) is 6.00. The van der Waals surface area contributed by atoms with E-state index in [1.54, 1.807) is 33.5 Å². The van der Waals surface area contributed by atoms with E-state index in [0.29, 0.717) is 46.4 Å². The van der Waals surface area contributed by atoms with Crippen LogP contribution in [0.2, 0.25) is 0 Å². The van der Waals surface area contributed by atoms with E-state index in [1.165, 1.54) is 35.9 Å². The van der Waals surface area contributed by atoms with E-state index in [9.17, 15) is 0 Å². The second kappa shape index (κ2) is 8.23. The van der Waals surface area contributed by atoms with Gasteiger partial charge in [0.1, 0.15) is 0 Å². The lowest BCUT2D eigenvalue weighted by Crippen LogP contribution is -1.99. The first-order valence-electron chi connectivity index (χ1n) is 8.55. The molecule has 0 unspecified atom stereocenters. The van der Waals surface area contributed by atoms with Crippen LogP contribution in [-0.4, -0.2) is 47.8 Å². The van der Waals surface area contributed by atoms with Crippen LogP contribution in [0.15, 0.2) is 20.9 Å². The summed E-state index contributed by atoms with van der Waals surface area (Å²) in [4.78, 5) is 0. The predicted octanol–water partition coefficient (Wildman–Crippen LogP) is 3.48. The Morgan fingerprint density at radius 1 is 1.07 bits per heavy atom. The molecule has 1 fully saturated rings. The van der Waals surface area contributed by atoms with Crippen LogP contribution in [0.4, 0.5) is 5.13 Å². The lowest BCUT2D eigenvalue weighted by atomic mass is 10.2. The first kappa shape index (κ1) is 18.8. The molecule has 0 aliphatic heterocycles. The van der Waals surface area contributed by atoms with Gasteiger partial charge in [-0.2, -0.15) is 0 Å². The Bertz CT molecular complexity index is 932. The van der Waals surface area contributed by atoms with Gasteiger partial charge < -0.3 is 23.9 Å². The van der Waals surface area contributed by atoms with Crippen molar-refractivity contribution in [2.45, 2.75) is 29.0 Å². The number of nitrogens with zero attached hydrogens (tertiary/aromatic N) is 4. The minimum atomic E-state index is 0.378. The van der Waals surface area contributed by atoms with E-state index in [1.807, 2.05) is 0 Å². The van der Waals surface area contributed by atoms with Gasteiger partial charge in [0.25, 0.3) is 0 Å². The molecule has 0 atom stereocenters. The lowest BCUT2D eigenvalue weighted by Gasteiger charge is -2.12. The molecule has 1 aromatic carbocycles. The summed E-state index contributed by atoms with van der Waals surface area (Å²) in [5, 5.41) is 20.8. The molecule has 4 rings (SSSR count). The van der Waals surface area contributed by atoms with Gasteiger partial charge in [-0.1, -0.05) is 23.1 Å². The highest BCUT2D eigenvalue weighted by Gasteiger charge is 2.22. The van der Waals surface area contributed by atoms with Gasteiger partial charge in [-0.3, -0.25) is 0 Å². The van der Waals surface area contributed by atoms with Crippen molar-refractivity contribution in [2.75, 3.05) is 26.6 Å². The van der Waals surface area contributed by atoms with Crippen molar-refractivity contribution in [3.63, 3.8) is 0 Å². The Balaban J connectivity index is 1.45. The van der Waals surface area contributed by atoms with Gasteiger partial charge in [0, 0.05) is 11.6 Å². The summed E-state index contributed by atoms with van der Waals surface area (Å²) >= 11 is 3.04. The number of nitrogens with one attached hydrogen (secondary N) is 1. The van der Waals surface area contributed by atoms with Crippen LogP contribution in [0.25, 0.3) is 11.5 Å². The van der Waals surface area contributed by atoms with Crippen LogP contribution in [0, 0.1) is 0 Å². The molecule has 1 N–H and O–H groups in total. The number of ether oxygens (including phenoxy) is 3. The fraction of sp³-hybridized carbons (Fsp3) is 0.412. The molecule has 1 aliphatic rings. The van der Waals surface area contributed by atoms with Crippen molar-refractivity contribution in [1.82, 2.24) is 20.4 Å². The molecule has 148 valence electrons. The van der Waals surface area contributed by atoms with E-state index in [-0.39, 0.29) is 0 Å². The predicted molar refractivity (Wildman–Crippen MR) is 106 cm³/mol. The Hall–Kier alpha value is -2.53. The quantitative estimate of drug-likeness (QED) is 0.516. The van der Waals surface area contributed by atoms with Crippen molar-refractivity contribution in [1.29, 1.82) is 0 Å². The number of hydrogen-bond donors (Lipinski definition) is 1. The largest absolute Gasteiger partial charge is 0.493 e. The summed E-state index contributed by atoms with van der Waals surface area (Å²) in [7, 11) is 4.68. The summed E-state index contributed by atoms with van der Waals surface area (Å²) in [6.07, 6.45) is 2.40. The lowest BCUT2D eigenvalue weighted by molar-refractivity contribution is 0.324. The number of aromatic nitrogens is 4. The molecule has 2 heterocycles. The maximum Gasteiger partial charge on any atom is 0.248 e. The molecule has 0 saturated heterocycles. The molecule has 1 saturated carbocycles. The molecule has 9 nitrogen and oxygen atoms in total. The van der Waals surface area contributed by atoms with Gasteiger partial charge in [-0.05, 0) is 25.0 Å². The molecule has 28 heavy (non-hydrogen) atoms. The van der Waals surface area contributed by atoms with Gasteiger partial charge in [0.15, 0.2) is 15.8 Å². The number of thioether (sulfide) groups is 1. The van der Waals surface area contributed by atoms with Crippen LogP contribution in [-0.2, 0) is 5.75 Å². The summed E-state index contributed by atoms with van der Waals surface area (Å²) in [5.74, 6) is 2.95. The standard InChI is InChI=1S/C17H19N5O4S2/c1-23-11-6-9(7-12(24-2)14(11)25-3)15-20-19-13(26-15)8-27-17-22-21-16(28-17)18-10-4-5-10/h6-7,10H,4-5,8H2,1-3H3,(H,18,21). The average Bonchev–Trinajstić information content (AvgIpc) is 3.22. The number of benzene rings is 1. The highest BCUT2D eigenvalue weighted by Crippen LogP contribution is 2.41. The van der Waals surface area contributed by atoms with Crippen molar-refractivity contribution in [3.8, 4) is 28.7 Å². The van der Waals surface area contributed by atoms with Crippen LogP contribution < -0.4 is 19.5 Å². The fourth-order valence-electron chi connectivity index (χ4n) is 2.49. The summed E-state index contributed by atoms with van der Waals surface area (Å²) in [5.41, 5.74) is 0.685. The molecule has 2 aromatic heterocycles. The molecular formula is C17H19N5O4S2. The van der Waals surface area contributed by atoms with E-state index >= 15 is 0 Å². The summed E-state index contributed by atoms with van der Waals surface area (Å²) < 4.78 is 22.7. The maximum atomic E-state index is 5.79. The minimum absolute atomic E-state index is 0.378. The molecule has 0 bridgehead atoms. The minimum Gasteiger partial charge on any atom is -0.493 e. The SMILES string of the molecule is COc1cc(-c2nnc(CSc3nnc(NC4CC4)s3)o2)cc(OC)c1OC. The van der Waals surface area contributed by atoms with Gasteiger partial charge in [-0.15, -0.1) is 20.4 Å². The Morgan fingerprint density at radius 3 is 2.46 bits per heavy atom. The first-order valence-corrected chi connectivity index (χ1v) is 10.4. The van der Waals surface area contributed by atoms with Crippen molar-refractivity contribution in [3.05, 3.63) is 18.0 Å². The zero-order chi connectivity index (χ0) is 19.5. The first-order chi connectivity index (χ1) is 13.7. The topological polar surface area (TPSA) is 104 Å². The Morgan fingerprint density at radius 2 is 1.82 bits per heavy atom. The van der Waals surface area contributed by atoms with Crippen LogP contribution in [0.3, 0.4) is 0 Å². The van der Waals surface area contributed by atoms with Gasteiger partial charge in [-0.25, -0.2) is 0 Å². The summed E-state index contributed by atoms with van der Waals surface area (Å²) in [6.45, 7) is 0. The van der Waals surface area contributed by atoms with E-state index < -0.39 is 0 Å². The van der Waals surface area contributed by atoms with Gasteiger partial charge in [0.2, 0.25) is 22.7 Å². The van der Waals surface area contributed by atoms with Gasteiger partial charge >= 0.3 is 0 Å². The molecular weight excluding hydrogens is 402 g/mol. The van der Waals surface area contributed by atoms with Crippen LogP contribution in [0.5, 0.6) is 17.2 Å². The third-order valence-electron chi connectivity index (χ3n) is 4.01. The summed E-state index contributed by atoms with van der Waals surface area (Å²) in [6, 6.07) is 4.10. The molecule has 3 aromatic rings. The highest BCUT2D eigenvalue weighted by atomic mass is 32.2.